The van der Waals surface area contributed by atoms with Gasteiger partial charge in [-0.2, -0.15) is 0 Å². The Balaban J connectivity index is 1.87. The number of nitrogens with zero attached hydrogens (tertiary/aromatic N) is 3. The van der Waals surface area contributed by atoms with E-state index in [9.17, 15) is 29.8 Å². The molecule has 37 heavy (non-hydrogen) atoms. The molecule has 11 heteroatoms. The van der Waals surface area contributed by atoms with Gasteiger partial charge in [-0.05, 0) is 24.6 Å². The van der Waals surface area contributed by atoms with Crippen LogP contribution >= 0.6 is 0 Å². The molecule has 3 aromatic rings. The second kappa shape index (κ2) is 10.2. The highest BCUT2D eigenvalue weighted by molar-refractivity contribution is 5.97. The van der Waals surface area contributed by atoms with Crippen LogP contribution in [0.5, 0.6) is 0 Å². The van der Waals surface area contributed by atoms with Gasteiger partial charge in [0.2, 0.25) is 5.60 Å². The van der Waals surface area contributed by atoms with Gasteiger partial charge in [0.05, 0.1) is 27.2 Å². The number of anilines is 1. The monoisotopic (exact) mass is 505 g/mol. The van der Waals surface area contributed by atoms with Gasteiger partial charge in [-0.3, -0.25) is 29.9 Å². The van der Waals surface area contributed by atoms with Crippen molar-refractivity contribution >= 4 is 28.8 Å². The van der Waals surface area contributed by atoms with Crippen molar-refractivity contribution in [3.63, 3.8) is 0 Å². The number of non-ortho nitro benzene ring substituents is 2. The number of benzene rings is 3. The summed E-state index contributed by atoms with van der Waals surface area (Å²) in [7, 11) is 0. The quantitative estimate of drug-likeness (QED) is 0.236. The summed E-state index contributed by atoms with van der Waals surface area (Å²) in [5, 5.41) is 24.2. The normalized spacial score (nSPS) is 20.9. The predicted octanol–water partition coefficient (Wildman–Crippen LogP) is 4.96. The van der Waals surface area contributed by atoms with Gasteiger partial charge in [0.1, 0.15) is 12.1 Å². The van der Waals surface area contributed by atoms with E-state index in [0.29, 0.717) is 11.3 Å². The summed E-state index contributed by atoms with van der Waals surface area (Å²) in [6, 6.07) is 19.4. The van der Waals surface area contributed by atoms with E-state index in [4.69, 9.17) is 9.57 Å². The number of carbonyl (C=O) groups excluding carboxylic acids is 2. The summed E-state index contributed by atoms with van der Waals surface area (Å²) in [6.45, 7) is 3.21. The Morgan fingerprint density at radius 1 is 0.946 bits per heavy atom. The number of ether oxygens (including phenoxy) is 1. The second-order valence-electron chi connectivity index (χ2n) is 8.43. The fourth-order valence-corrected chi connectivity index (χ4v) is 4.50. The van der Waals surface area contributed by atoms with E-state index in [1.807, 2.05) is 6.07 Å². The molecule has 0 amide bonds. The molecule has 4 rings (SSSR count). The van der Waals surface area contributed by atoms with E-state index in [-0.39, 0.29) is 6.42 Å². The van der Waals surface area contributed by atoms with Crippen molar-refractivity contribution in [2.45, 2.75) is 38.0 Å². The number of nitro groups is 2. The van der Waals surface area contributed by atoms with Gasteiger partial charge in [0, 0.05) is 18.6 Å². The van der Waals surface area contributed by atoms with Crippen LogP contribution in [0.1, 0.15) is 42.2 Å². The van der Waals surface area contributed by atoms with Gasteiger partial charge in [0.15, 0.2) is 5.78 Å². The Morgan fingerprint density at radius 3 is 2.00 bits per heavy atom. The first-order valence-electron chi connectivity index (χ1n) is 11.5. The third-order valence-corrected chi connectivity index (χ3v) is 6.22. The van der Waals surface area contributed by atoms with E-state index in [0.717, 1.165) is 18.2 Å². The average molecular weight is 505 g/mol. The first-order chi connectivity index (χ1) is 17.7. The Morgan fingerprint density at radius 2 is 1.49 bits per heavy atom. The molecule has 0 aliphatic carbocycles. The van der Waals surface area contributed by atoms with Crippen LogP contribution in [0.3, 0.4) is 0 Å². The summed E-state index contributed by atoms with van der Waals surface area (Å²) in [6.07, 6.45) is -0.981. The molecule has 11 nitrogen and oxygen atoms in total. The zero-order valence-corrected chi connectivity index (χ0v) is 20.0. The predicted molar refractivity (Wildman–Crippen MR) is 132 cm³/mol. The number of rotatable bonds is 8. The fraction of sp³-hybridized carbons (Fsp3) is 0.231. The first kappa shape index (κ1) is 25.5. The summed E-state index contributed by atoms with van der Waals surface area (Å²) in [4.78, 5) is 54.2. The zero-order chi connectivity index (χ0) is 26.7. The highest BCUT2D eigenvalue weighted by Gasteiger charge is 2.62. The molecule has 1 saturated heterocycles. The van der Waals surface area contributed by atoms with Crippen molar-refractivity contribution in [3.05, 3.63) is 110 Å². The van der Waals surface area contributed by atoms with Crippen LogP contribution in [-0.2, 0) is 14.4 Å². The lowest BCUT2D eigenvalue weighted by Gasteiger charge is -2.36. The number of hydrogen-bond acceptors (Lipinski definition) is 9. The van der Waals surface area contributed by atoms with Crippen molar-refractivity contribution in [3.8, 4) is 0 Å². The third kappa shape index (κ3) is 4.64. The molecule has 1 heterocycles. The number of Topliss-reactive ketones (excluding diaryl/α,β-unsaturated/α-hetero) is 1. The van der Waals surface area contributed by atoms with Gasteiger partial charge >= 0.3 is 5.97 Å². The van der Waals surface area contributed by atoms with Crippen LogP contribution in [0.4, 0.5) is 17.1 Å². The molecule has 0 bridgehead atoms. The maximum absolute atomic E-state index is 13.6. The maximum atomic E-state index is 13.6. The summed E-state index contributed by atoms with van der Waals surface area (Å²) >= 11 is 0. The molecule has 1 aliphatic rings. The van der Waals surface area contributed by atoms with E-state index in [1.165, 1.54) is 5.06 Å². The van der Waals surface area contributed by atoms with Crippen LogP contribution in [0, 0.1) is 20.2 Å². The molecule has 0 saturated carbocycles. The van der Waals surface area contributed by atoms with Crippen LogP contribution in [-0.4, -0.2) is 33.3 Å². The largest absolute Gasteiger partial charge is 0.442 e. The Bertz CT molecular complexity index is 1320. The van der Waals surface area contributed by atoms with E-state index >= 15 is 0 Å². The second-order valence-corrected chi connectivity index (χ2v) is 8.43. The molecule has 0 spiro atoms. The van der Waals surface area contributed by atoms with Gasteiger partial charge in [-0.15, -0.1) is 0 Å². The standard InChI is InChI=1S/C26H23N3O8/c1-3-23(30)26(36-25(31)19-14-21(28(32)33)16-22(15-19)29(34)35)17(2)37-27(20-12-8-5-9-13-20)24(26)18-10-6-4-7-11-18/h4-17,24H,3H2,1-2H3/t17-,24+,26-/m1/s1. The van der Waals surface area contributed by atoms with Gasteiger partial charge in [-0.25, -0.2) is 9.86 Å². The summed E-state index contributed by atoms with van der Waals surface area (Å²) < 4.78 is 5.94. The number of carbonyl (C=O) groups is 2. The van der Waals surface area contributed by atoms with Gasteiger partial charge in [0.25, 0.3) is 11.4 Å². The lowest BCUT2D eigenvalue weighted by Crippen LogP contribution is -2.53. The smallest absolute Gasteiger partial charge is 0.339 e. The number of nitro benzene ring substituents is 2. The molecule has 3 atom stereocenters. The Labute approximate surface area is 211 Å². The minimum Gasteiger partial charge on any atom is -0.442 e. The molecule has 190 valence electrons. The molecule has 0 radical (unpaired) electrons. The minimum atomic E-state index is -1.87. The SMILES string of the molecule is CCC(=O)[C@@]1(OC(=O)c2cc([N+](=O)[O-])cc([N+](=O)[O-])c2)[C@H](c2ccccc2)N(c2ccccc2)O[C@@H]1C. The van der Waals surface area contributed by atoms with Crippen molar-refractivity contribution in [2.75, 3.05) is 5.06 Å². The zero-order valence-electron chi connectivity index (χ0n) is 20.0. The maximum Gasteiger partial charge on any atom is 0.339 e. The topological polar surface area (TPSA) is 142 Å². The van der Waals surface area contributed by atoms with E-state index < -0.39 is 56.3 Å². The lowest BCUT2D eigenvalue weighted by atomic mass is 9.80. The molecule has 1 fully saturated rings. The van der Waals surface area contributed by atoms with Crippen LogP contribution in [0.25, 0.3) is 0 Å². The molecule has 0 aromatic heterocycles. The van der Waals surface area contributed by atoms with Gasteiger partial charge in [-0.1, -0.05) is 55.5 Å². The molecular formula is C26H23N3O8. The Hall–Kier alpha value is -4.64. The highest BCUT2D eigenvalue weighted by atomic mass is 16.7. The molecular weight excluding hydrogens is 482 g/mol. The van der Waals surface area contributed by atoms with E-state index in [1.54, 1.807) is 68.4 Å². The number of ketones is 1. The molecule has 3 aromatic carbocycles. The fourth-order valence-electron chi connectivity index (χ4n) is 4.50. The van der Waals surface area contributed by atoms with Crippen molar-refractivity contribution < 1.29 is 29.0 Å². The lowest BCUT2D eigenvalue weighted by molar-refractivity contribution is -0.394. The molecule has 1 aliphatic heterocycles. The number of para-hydroxylation sites is 1. The average Bonchev–Trinajstić information content (AvgIpc) is 3.21. The van der Waals surface area contributed by atoms with Crippen molar-refractivity contribution in [1.82, 2.24) is 0 Å². The van der Waals surface area contributed by atoms with Crippen molar-refractivity contribution in [2.24, 2.45) is 0 Å². The number of hydrogen-bond donors (Lipinski definition) is 0. The highest BCUT2D eigenvalue weighted by Crippen LogP contribution is 2.48. The third-order valence-electron chi connectivity index (χ3n) is 6.22. The Kier molecular flexibility index (Phi) is 6.98. The van der Waals surface area contributed by atoms with Crippen LogP contribution < -0.4 is 5.06 Å². The van der Waals surface area contributed by atoms with Gasteiger partial charge < -0.3 is 4.74 Å². The summed E-state index contributed by atoms with van der Waals surface area (Å²) in [5.41, 5.74) is -2.38. The minimum absolute atomic E-state index is 0.0119. The van der Waals surface area contributed by atoms with Crippen LogP contribution in [0.2, 0.25) is 0 Å². The number of hydroxylamine groups is 1. The van der Waals surface area contributed by atoms with Crippen LogP contribution in [0.15, 0.2) is 78.9 Å². The molecule has 0 unspecified atom stereocenters. The number of esters is 1. The van der Waals surface area contributed by atoms with E-state index in [2.05, 4.69) is 0 Å². The first-order valence-corrected chi connectivity index (χ1v) is 11.5. The van der Waals surface area contributed by atoms with Crippen molar-refractivity contribution in [1.29, 1.82) is 0 Å². The molecule has 0 N–H and O–H groups in total. The summed E-state index contributed by atoms with van der Waals surface area (Å²) in [5.74, 6) is -1.57.